The first-order valence-corrected chi connectivity index (χ1v) is 6.15. The van der Waals surface area contributed by atoms with E-state index in [-0.39, 0.29) is 5.91 Å². The molecule has 1 amide bonds. The van der Waals surface area contributed by atoms with Gasteiger partial charge in [-0.1, -0.05) is 13.0 Å². The maximum Gasteiger partial charge on any atom is 0.251 e. The van der Waals surface area contributed by atoms with Gasteiger partial charge in [-0.3, -0.25) is 4.79 Å². The third-order valence-corrected chi connectivity index (χ3v) is 2.81. The zero-order valence-corrected chi connectivity index (χ0v) is 10.1. The Labute approximate surface area is 102 Å². The highest BCUT2D eigenvalue weighted by atomic mass is 16.1. The average molecular weight is 233 g/mol. The van der Waals surface area contributed by atoms with Gasteiger partial charge in [0.15, 0.2) is 0 Å². The molecule has 92 valence electrons. The average Bonchev–Trinajstić information content (AvgIpc) is 2.31. The Bertz CT molecular complexity index is 388. The highest BCUT2D eigenvalue weighted by molar-refractivity contribution is 5.95. The summed E-state index contributed by atoms with van der Waals surface area (Å²) in [7, 11) is 0. The van der Waals surface area contributed by atoms with E-state index >= 15 is 0 Å². The van der Waals surface area contributed by atoms with Crippen LogP contribution in [0.5, 0.6) is 0 Å². The van der Waals surface area contributed by atoms with Crippen molar-refractivity contribution < 1.29 is 4.79 Å². The minimum Gasteiger partial charge on any atom is -0.380 e. The Balaban J connectivity index is 1.97. The minimum atomic E-state index is 0.00207. The van der Waals surface area contributed by atoms with Gasteiger partial charge in [-0.05, 0) is 24.6 Å². The fourth-order valence-electron chi connectivity index (χ4n) is 1.72. The quantitative estimate of drug-likeness (QED) is 0.716. The van der Waals surface area contributed by atoms with Crippen molar-refractivity contribution in [1.29, 1.82) is 0 Å². The summed E-state index contributed by atoms with van der Waals surface area (Å²) in [6, 6.07) is 8.15. The van der Waals surface area contributed by atoms with Crippen molar-refractivity contribution in [1.82, 2.24) is 10.6 Å². The summed E-state index contributed by atoms with van der Waals surface area (Å²) >= 11 is 0. The zero-order valence-electron chi connectivity index (χ0n) is 10.1. The number of hydrogen-bond acceptors (Lipinski definition) is 3. The molecule has 0 bridgehead atoms. The van der Waals surface area contributed by atoms with Crippen molar-refractivity contribution in [2.24, 2.45) is 0 Å². The molecule has 1 aliphatic rings. The van der Waals surface area contributed by atoms with Crippen LogP contribution in [0.1, 0.15) is 23.7 Å². The van der Waals surface area contributed by atoms with Crippen LogP contribution in [0.25, 0.3) is 0 Å². The monoisotopic (exact) mass is 233 g/mol. The van der Waals surface area contributed by atoms with Gasteiger partial charge >= 0.3 is 0 Å². The van der Waals surface area contributed by atoms with Crippen LogP contribution >= 0.6 is 0 Å². The number of amides is 1. The molecule has 1 saturated heterocycles. The Morgan fingerprint density at radius 1 is 1.47 bits per heavy atom. The van der Waals surface area contributed by atoms with Crippen molar-refractivity contribution in [3.63, 3.8) is 0 Å². The van der Waals surface area contributed by atoms with Gasteiger partial charge in [0.05, 0.1) is 6.04 Å². The van der Waals surface area contributed by atoms with Crippen LogP contribution in [-0.2, 0) is 0 Å². The molecule has 0 aliphatic carbocycles. The molecule has 4 nitrogen and oxygen atoms in total. The largest absolute Gasteiger partial charge is 0.380 e. The molecule has 1 heterocycles. The van der Waals surface area contributed by atoms with Crippen LogP contribution in [0, 0.1) is 0 Å². The lowest BCUT2D eigenvalue weighted by Crippen LogP contribution is -2.51. The SMILES string of the molecule is CCCNC(=O)c1cccc(NC2CNC2)c1. The van der Waals surface area contributed by atoms with E-state index in [0.717, 1.165) is 37.3 Å². The Kier molecular flexibility index (Phi) is 3.98. The van der Waals surface area contributed by atoms with Crippen molar-refractivity contribution in [3.05, 3.63) is 29.8 Å². The van der Waals surface area contributed by atoms with E-state index in [4.69, 9.17) is 0 Å². The van der Waals surface area contributed by atoms with Crippen molar-refractivity contribution in [2.75, 3.05) is 25.0 Å². The summed E-state index contributed by atoms with van der Waals surface area (Å²) in [6.45, 7) is 4.75. The second kappa shape index (κ2) is 5.68. The van der Waals surface area contributed by atoms with E-state index in [2.05, 4.69) is 16.0 Å². The lowest BCUT2D eigenvalue weighted by Gasteiger charge is -2.29. The third-order valence-electron chi connectivity index (χ3n) is 2.81. The molecule has 3 N–H and O–H groups in total. The molecule has 1 aromatic rings. The molecule has 0 radical (unpaired) electrons. The number of anilines is 1. The van der Waals surface area contributed by atoms with Crippen LogP contribution in [0.3, 0.4) is 0 Å². The molecule has 1 aromatic carbocycles. The second-order valence-electron chi connectivity index (χ2n) is 4.34. The zero-order chi connectivity index (χ0) is 12.1. The molecule has 0 atom stereocenters. The van der Waals surface area contributed by atoms with Crippen LogP contribution in [0.2, 0.25) is 0 Å². The van der Waals surface area contributed by atoms with Crippen LogP contribution in [0.15, 0.2) is 24.3 Å². The lowest BCUT2D eigenvalue weighted by molar-refractivity contribution is 0.0953. The minimum absolute atomic E-state index is 0.00207. The van der Waals surface area contributed by atoms with Crippen LogP contribution in [-0.4, -0.2) is 31.6 Å². The summed E-state index contributed by atoms with van der Waals surface area (Å²) in [5, 5.41) is 9.47. The topological polar surface area (TPSA) is 53.2 Å². The van der Waals surface area contributed by atoms with Gasteiger partial charge in [0.2, 0.25) is 0 Å². The van der Waals surface area contributed by atoms with E-state index in [1.165, 1.54) is 0 Å². The first-order chi connectivity index (χ1) is 8.29. The van der Waals surface area contributed by atoms with E-state index < -0.39 is 0 Å². The maximum absolute atomic E-state index is 11.8. The normalized spacial score (nSPS) is 15.1. The Hall–Kier alpha value is -1.55. The highest BCUT2D eigenvalue weighted by Crippen LogP contribution is 2.13. The molecule has 0 aromatic heterocycles. The molecule has 4 heteroatoms. The Morgan fingerprint density at radius 3 is 2.94 bits per heavy atom. The molecular weight excluding hydrogens is 214 g/mol. The summed E-state index contributed by atoms with van der Waals surface area (Å²) in [4.78, 5) is 11.8. The molecule has 0 spiro atoms. The fraction of sp³-hybridized carbons (Fsp3) is 0.462. The van der Waals surface area contributed by atoms with Crippen LogP contribution in [0.4, 0.5) is 5.69 Å². The maximum atomic E-state index is 11.8. The molecule has 1 aliphatic heterocycles. The smallest absolute Gasteiger partial charge is 0.251 e. The number of nitrogens with one attached hydrogen (secondary N) is 3. The van der Waals surface area contributed by atoms with Gasteiger partial charge in [0.1, 0.15) is 0 Å². The van der Waals surface area contributed by atoms with E-state index in [1.54, 1.807) is 0 Å². The lowest BCUT2D eigenvalue weighted by atomic mass is 10.1. The number of carbonyl (C=O) groups excluding carboxylic acids is 1. The van der Waals surface area contributed by atoms with Crippen molar-refractivity contribution >= 4 is 11.6 Å². The number of rotatable bonds is 5. The molecule has 1 fully saturated rings. The second-order valence-corrected chi connectivity index (χ2v) is 4.34. The fourth-order valence-corrected chi connectivity index (χ4v) is 1.72. The van der Waals surface area contributed by atoms with Gasteiger partial charge in [0, 0.05) is 30.9 Å². The summed E-state index contributed by atoms with van der Waals surface area (Å²) in [6.07, 6.45) is 0.956. The number of hydrogen-bond donors (Lipinski definition) is 3. The third kappa shape index (κ3) is 3.20. The van der Waals surface area contributed by atoms with Gasteiger partial charge in [-0.15, -0.1) is 0 Å². The van der Waals surface area contributed by atoms with Crippen molar-refractivity contribution in [3.8, 4) is 0 Å². The summed E-state index contributed by atoms with van der Waals surface area (Å²) in [5.74, 6) is 0.00207. The number of carbonyl (C=O) groups is 1. The highest BCUT2D eigenvalue weighted by Gasteiger charge is 2.16. The van der Waals surface area contributed by atoms with Gasteiger partial charge in [-0.2, -0.15) is 0 Å². The predicted molar refractivity (Wildman–Crippen MR) is 69.3 cm³/mol. The molecule has 17 heavy (non-hydrogen) atoms. The van der Waals surface area contributed by atoms with Crippen LogP contribution < -0.4 is 16.0 Å². The predicted octanol–water partition coefficient (Wildman–Crippen LogP) is 1.21. The molecular formula is C13H19N3O. The Morgan fingerprint density at radius 2 is 2.29 bits per heavy atom. The molecule has 0 unspecified atom stereocenters. The van der Waals surface area contributed by atoms with E-state index in [9.17, 15) is 4.79 Å². The van der Waals surface area contributed by atoms with Gasteiger partial charge in [0.25, 0.3) is 5.91 Å². The van der Waals surface area contributed by atoms with Crippen molar-refractivity contribution in [2.45, 2.75) is 19.4 Å². The summed E-state index contributed by atoms with van der Waals surface area (Å²) in [5.41, 5.74) is 1.73. The van der Waals surface area contributed by atoms with Gasteiger partial charge < -0.3 is 16.0 Å². The standard InChI is InChI=1S/C13H19N3O/c1-2-6-15-13(17)10-4-3-5-11(7-10)16-12-8-14-9-12/h3-5,7,12,14,16H,2,6,8-9H2,1H3,(H,15,17). The van der Waals surface area contributed by atoms with E-state index in [0.29, 0.717) is 6.04 Å². The molecule has 2 rings (SSSR count). The number of benzene rings is 1. The first-order valence-electron chi connectivity index (χ1n) is 6.15. The summed E-state index contributed by atoms with van der Waals surface area (Å²) < 4.78 is 0. The first kappa shape index (κ1) is 11.9. The van der Waals surface area contributed by atoms with Gasteiger partial charge in [-0.25, -0.2) is 0 Å². The molecule has 0 saturated carbocycles. The van der Waals surface area contributed by atoms with E-state index in [1.807, 2.05) is 31.2 Å².